The first kappa shape index (κ1) is 12.0. The summed E-state index contributed by atoms with van der Waals surface area (Å²) >= 11 is 0. The molecule has 17 heavy (non-hydrogen) atoms. The van der Waals surface area contributed by atoms with E-state index >= 15 is 0 Å². The van der Waals surface area contributed by atoms with E-state index in [0.29, 0.717) is 6.42 Å². The first-order valence-electron chi connectivity index (χ1n) is 6.10. The fraction of sp³-hybridized carbons (Fsp3) is 0.538. The maximum Gasteiger partial charge on any atom is 0.228 e. The van der Waals surface area contributed by atoms with Gasteiger partial charge in [-0.15, -0.1) is 0 Å². The van der Waals surface area contributed by atoms with Crippen LogP contribution in [0.4, 0.5) is 0 Å². The molecule has 4 heteroatoms. The van der Waals surface area contributed by atoms with Gasteiger partial charge < -0.3 is 10.6 Å². The summed E-state index contributed by atoms with van der Waals surface area (Å²) in [5, 5.41) is 0. The predicted molar refractivity (Wildman–Crippen MR) is 66.5 cm³/mol. The van der Waals surface area contributed by atoms with E-state index in [-0.39, 0.29) is 11.9 Å². The van der Waals surface area contributed by atoms with Gasteiger partial charge in [-0.2, -0.15) is 0 Å². The monoisotopic (exact) mass is 233 g/mol. The maximum atomic E-state index is 12.1. The molecule has 2 N–H and O–H groups in total. The summed E-state index contributed by atoms with van der Waals surface area (Å²) in [5.74, 6) is 0.165. The summed E-state index contributed by atoms with van der Waals surface area (Å²) in [6.07, 6.45) is 3.96. The van der Waals surface area contributed by atoms with Gasteiger partial charge in [0.25, 0.3) is 0 Å². The molecule has 0 aromatic carbocycles. The minimum Gasteiger partial charge on any atom is -0.342 e. The van der Waals surface area contributed by atoms with Gasteiger partial charge in [-0.05, 0) is 31.4 Å². The third-order valence-electron chi connectivity index (χ3n) is 3.33. The quantitative estimate of drug-likeness (QED) is 0.825. The number of aryl methyl sites for hydroxylation is 1. The Kier molecular flexibility index (Phi) is 3.74. The molecular weight excluding hydrogens is 214 g/mol. The van der Waals surface area contributed by atoms with Crippen LogP contribution in [-0.4, -0.2) is 34.9 Å². The van der Waals surface area contributed by atoms with Crippen molar-refractivity contribution in [3.8, 4) is 0 Å². The van der Waals surface area contributed by atoms with Crippen molar-refractivity contribution in [2.45, 2.75) is 32.2 Å². The molecule has 0 unspecified atom stereocenters. The van der Waals surface area contributed by atoms with Gasteiger partial charge in [-0.3, -0.25) is 9.78 Å². The molecule has 4 nitrogen and oxygen atoms in total. The average Bonchev–Trinajstić information content (AvgIpc) is 2.33. The van der Waals surface area contributed by atoms with Crippen LogP contribution in [0.15, 0.2) is 18.3 Å². The Morgan fingerprint density at radius 1 is 1.53 bits per heavy atom. The number of nitrogens with two attached hydrogens (primary N) is 1. The van der Waals surface area contributed by atoms with Gasteiger partial charge in [0.15, 0.2) is 0 Å². The van der Waals surface area contributed by atoms with Crippen LogP contribution in [0.25, 0.3) is 0 Å². The van der Waals surface area contributed by atoms with Gasteiger partial charge >= 0.3 is 0 Å². The van der Waals surface area contributed by atoms with E-state index in [1.54, 1.807) is 6.20 Å². The first-order chi connectivity index (χ1) is 8.16. The van der Waals surface area contributed by atoms with E-state index in [0.717, 1.165) is 37.2 Å². The zero-order valence-corrected chi connectivity index (χ0v) is 10.2. The molecular formula is C13H19N3O. The van der Waals surface area contributed by atoms with Crippen molar-refractivity contribution in [1.82, 2.24) is 9.88 Å². The highest BCUT2D eigenvalue weighted by Gasteiger charge is 2.21. The van der Waals surface area contributed by atoms with Crippen LogP contribution in [-0.2, 0) is 11.2 Å². The molecule has 2 heterocycles. The lowest BCUT2D eigenvalue weighted by molar-refractivity contribution is -0.131. The van der Waals surface area contributed by atoms with Crippen LogP contribution >= 0.6 is 0 Å². The molecule has 1 aliphatic rings. The van der Waals surface area contributed by atoms with E-state index in [4.69, 9.17) is 5.73 Å². The van der Waals surface area contributed by atoms with Crippen molar-refractivity contribution < 1.29 is 4.79 Å². The van der Waals surface area contributed by atoms with Crippen LogP contribution in [0, 0.1) is 6.92 Å². The lowest BCUT2D eigenvalue weighted by Crippen LogP contribution is -2.43. The molecule has 92 valence electrons. The van der Waals surface area contributed by atoms with Gasteiger partial charge in [0, 0.05) is 25.3 Å². The molecule has 0 spiro atoms. The van der Waals surface area contributed by atoms with Crippen LogP contribution < -0.4 is 5.73 Å². The number of hydrogen-bond donors (Lipinski definition) is 1. The van der Waals surface area contributed by atoms with Gasteiger partial charge in [0.2, 0.25) is 5.91 Å². The third kappa shape index (κ3) is 3.03. The zero-order chi connectivity index (χ0) is 12.3. The number of carbonyl (C=O) groups is 1. The van der Waals surface area contributed by atoms with Crippen molar-refractivity contribution >= 4 is 5.91 Å². The van der Waals surface area contributed by atoms with Gasteiger partial charge in [0.1, 0.15) is 0 Å². The Balaban J connectivity index is 1.95. The second-order valence-corrected chi connectivity index (χ2v) is 4.66. The summed E-state index contributed by atoms with van der Waals surface area (Å²) in [5.41, 5.74) is 7.78. The summed E-state index contributed by atoms with van der Waals surface area (Å²) < 4.78 is 0. The van der Waals surface area contributed by atoms with Crippen molar-refractivity contribution in [3.63, 3.8) is 0 Å². The number of pyridine rings is 1. The number of aromatic nitrogens is 1. The second-order valence-electron chi connectivity index (χ2n) is 4.66. The number of likely N-dealkylation sites (tertiary alicyclic amines) is 1. The fourth-order valence-corrected chi connectivity index (χ4v) is 2.11. The topological polar surface area (TPSA) is 59.2 Å². The van der Waals surface area contributed by atoms with E-state index in [1.807, 2.05) is 24.0 Å². The lowest BCUT2D eigenvalue weighted by Gasteiger charge is -2.30. The Morgan fingerprint density at radius 3 is 2.88 bits per heavy atom. The molecule has 0 radical (unpaired) electrons. The normalized spacial score (nSPS) is 17.2. The van der Waals surface area contributed by atoms with Crippen LogP contribution in [0.2, 0.25) is 0 Å². The average molecular weight is 233 g/mol. The van der Waals surface area contributed by atoms with Crippen molar-refractivity contribution in [2.24, 2.45) is 5.73 Å². The highest BCUT2D eigenvalue weighted by atomic mass is 16.2. The number of amides is 1. The Hall–Kier alpha value is -1.42. The Bertz CT molecular complexity index is 397. The molecule has 2 rings (SSSR count). The number of hydrogen-bond acceptors (Lipinski definition) is 3. The van der Waals surface area contributed by atoms with Crippen molar-refractivity contribution in [2.75, 3.05) is 13.1 Å². The SMILES string of the molecule is Cc1cccnc1CC(=O)N1CCC(N)CC1. The fourth-order valence-electron chi connectivity index (χ4n) is 2.11. The van der Waals surface area contributed by atoms with E-state index < -0.39 is 0 Å². The summed E-state index contributed by atoms with van der Waals surface area (Å²) in [6, 6.07) is 4.14. The molecule has 1 saturated heterocycles. The molecule has 0 bridgehead atoms. The van der Waals surface area contributed by atoms with Gasteiger partial charge in [-0.25, -0.2) is 0 Å². The lowest BCUT2D eigenvalue weighted by atomic mass is 10.1. The van der Waals surface area contributed by atoms with Crippen molar-refractivity contribution in [1.29, 1.82) is 0 Å². The smallest absolute Gasteiger partial charge is 0.228 e. The van der Waals surface area contributed by atoms with Crippen LogP contribution in [0.3, 0.4) is 0 Å². The number of carbonyl (C=O) groups excluding carboxylic acids is 1. The first-order valence-corrected chi connectivity index (χ1v) is 6.10. The Labute approximate surface area is 102 Å². The standard InChI is InChI=1S/C13H19N3O/c1-10-3-2-6-15-12(10)9-13(17)16-7-4-11(14)5-8-16/h2-3,6,11H,4-5,7-9,14H2,1H3. The number of nitrogens with zero attached hydrogens (tertiary/aromatic N) is 2. The van der Waals surface area contributed by atoms with Crippen molar-refractivity contribution in [3.05, 3.63) is 29.6 Å². The van der Waals surface area contributed by atoms with Gasteiger partial charge in [-0.1, -0.05) is 6.07 Å². The summed E-state index contributed by atoms with van der Waals surface area (Å²) in [7, 11) is 0. The summed E-state index contributed by atoms with van der Waals surface area (Å²) in [6.45, 7) is 3.56. The van der Waals surface area contributed by atoms with Crippen LogP contribution in [0.5, 0.6) is 0 Å². The minimum atomic E-state index is 0.165. The van der Waals surface area contributed by atoms with Gasteiger partial charge in [0.05, 0.1) is 12.1 Å². The maximum absolute atomic E-state index is 12.1. The molecule has 1 amide bonds. The zero-order valence-electron chi connectivity index (χ0n) is 10.2. The molecule has 1 aliphatic heterocycles. The molecule has 0 atom stereocenters. The van der Waals surface area contributed by atoms with E-state index in [2.05, 4.69) is 4.98 Å². The molecule has 1 aromatic rings. The Morgan fingerprint density at radius 2 is 2.24 bits per heavy atom. The number of piperidine rings is 1. The second kappa shape index (κ2) is 5.27. The van der Waals surface area contributed by atoms with Crippen LogP contribution in [0.1, 0.15) is 24.1 Å². The van der Waals surface area contributed by atoms with E-state index in [9.17, 15) is 4.79 Å². The largest absolute Gasteiger partial charge is 0.342 e. The molecule has 1 aromatic heterocycles. The third-order valence-corrected chi connectivity index (χ3v) is 3.33. The summed E-state index contributed by atoms with van der Waals surface area (Å²) in [4.78, 5) is 18.2. The molecule has 1 fully saturated rings. The highest BCUT2D eigenvalue weighted by molar-refractivity contribution is 5.78. The van der Waals surface area contributed by atoms with E-state index in [1.165, 1.54) is 0 Å². The number of rotatable bonds is 2. The molecule has 0 saturated carbocycles. The molecule has 0 aliphatic carbocycles. The minimum absolute atomic E-state index is 0.165. The predicted octanol–water partition coefficient (Wildman–Crippen LogP) is 0.882. The highest BCUT2D eigenvalue weighted by Crippen LogP contribution is 2.11.